The number of phenols is 1. The predicted octanol–water partition coefficient (Wildman–Crippen LogP) is 13.0. The van der Waals surface area contributed by atoms with Crippen molar-refractivity contribution in [2.45, 2.75) is 85.5 Å². The third kappa shape index (κ3) is 6.93. The molecule has 0 radical (unpaired) electrons. The molecule has 0 atom stereocenters. The molecule has 59 heavy (non-hydrogen) atoms. The number of fused-ring (bicyclic) bond motifs is 5. The van der Waals surface area contributed by atoms with E-state index in [0.29, 0.717) is 33.7 Å². The Morgan fingerprint density at radius 3 is 2.12 bits per heavy atom. The summed E-state index contributed by atoms with van der Waals surface area (Å²) in [5.41, 5.74) is 12.3. The van der Waals surface area contributed by atoms with E-state index < -0.39 is 0 Å². The number of para-hydroxylation sites is 1. The summed E-state index contributed by atoms with van der Waals surface area (Å²) in [4.78, 5) is 20.6. The van der Waals surface area contributed by atoms with Crippen LogP contribution >= 0.6 is 0 Å². The van der Waals surface area contributed by atoms with Gasteiger partial charge in [0.25, 0.3) is 0 Å². The van der Waals surface area contributed by atoms with Gasteiger partial charge in [0.1, 0.15) is 16.9 Å². The molecule has 1 N–H and O–H groups in total. The molecule has 0 amide bonds. The van der Waals surface area contributed by atoms with Crippen LogP contribution < -0.4 is 0 Å². The minimum Gasteiger partial charge on any atom is -0.507 e. The smallest absolute Gasteiger partial charge is 0.147 e. The molecule has 9 rings (SSSR count). The number of imidazole rings is 1. The maximum Gasteiger partial charge on any atom is 0.147 e. The molecule has 4 aromatic carbocycles. The van der Waals surface area contributed by atoms with Crippen molar-refractivity contribution >= 4 is 43.9 Å². The van der Waals surface area contributed by atoms with Crippen LogP contribution in [0.5, 0.6) is 5.75 Å². The van der Waals surface area contributed by atoms with Gasteiger partial charge < -0.3 is 14.1 Å². The molecule has 0 fully saturated rings. The number of nitrogens with zero attached hydrogens (tertiary/aromatic N) is 5. The summed E-state index contributed by atoms with van der Waals surface area (Å²) in [5, 5.41) is 14.6. The van der Waals surface area contributed by atoms with Crippen LogP contribution in [0.4, 0.5) is 0 Å². The largest absolute Gasteiger partial charge is 0.507 e. The Kier molecular flexibility index (Phi) is 9.71. The van der Waals surface area contributed by atoms with Gasteiger partial charge in [0.15, 0.2) is 0 Å². The molecule has 0 saturated heterocycles. The number of furan rings is 1. The molecule has 7 nitrogen and oxygen atoms in total. The number of hydrogen-bond acceptors (Lipinski definition) is 6. The second-order valence-corrected chi connectivity index (χ2v) is 18.6. The Hall–Kier alpha value is -5.65. The number of pyridine rings is 3. The molecule has 300 valence electrons. The molecule has 0 aliphatic heterocycles. The Labute approximate surface area is 359 Å². The van der Waals surface area contributed by atoms with E-state index in [2.05, 4.69) is 128 Å². The van der Waals surface area contributed by atoms with E-state index in [9.17, 15) is 5.11 Å². The Morgan fingerprint density at radius 2 is 1.41 bits per heavy atom. The molecule has 0 aliphatic rings. The fourth-order valence-corrected chi connectivity index (χ4v) is 7.88. The molecule has 5 aromatic heterocycles. The number of aryl methyl sites for hydroxylation is 1. The van der Waals surface area contributed by atoms with E-state index >= 15 is 0 Å². The Bertz CT molecular complexity index is 3080. The number of phenolic OH excluding ortho intramolecular Hbond substituents is 1. The van der Waals surface area contributed by atoms with Gasteiger partial charge >= 0.3 is 0 Å². The van der Waals surface area contributed by atoms with Crippen molar-refractivity contribution in [3.05, 3.63) is 132 Å². The first-order valence-corrected chi connectivity index (χ1v) is 19.9. The zero-order valence-corrected chi connectivity index (χ0v) is 37.5. The summed E-state index contributed by atoms with van der Waals surface area (Å²) in [6.45, 7) is 22.1. The molecule has 0 unspecified atom stereocenters. The van der Waals surface area contributed by atoms with Gasteiger partial charge in [-0.1, -0.05) is 110 Å². The SMILES string of the molecule is Cc1ccnc2c(-c3[c-]c(-c4nc5c(-c6c(O)ccc7c6oc6ccccc67)cncc5n4-c4ccc(C(C)(C)C)cc4)cc(C(C)(C)C)n3)cc(C(C)(C)C)cc12.[Pt]. The van der Waals surface area contributed by atoms with Crippen molar-refractivity contribution in [2.75, 3.05) is 0 Å². The summed E-state index contributed by atoms with van der Waals surface area (Å²) in [6, 6.07) is 32.7. The topological polar surface area (TPSA) is 89.9 Å². The average Bonchev–Trinajstić information content (AvgIpc) is 3.76. The summed E-state index contributed by atoms with van der Waals surface area (Å²) in [6.07, 6.45) is 5.50. The molecule has 0 aliphatic carbocycles. The minimum atomic E-state index is -0.306. The standard InChI is InChI=1S/C51H48N5O2.Pt/c1-29-21-22-53-45-36(29)25-32(50(5,6)7)26-37(45)39-23-30(24-43(54-39)51(8,9)10)48-55-46-38(44-41(57)20-19-35-34-13-11-12-14-42(34)58-47(35)44)27-52-28-40(46)56(48)33-17-15-31(16-18-33)49(2,3)4;/h11-22,24-28,57H,1-10H3;/q-1;. The van der Waals surface area contributed by atoms with Gasteiger partial charge in [-0.3, -0.25) is 19.9 Å². The zero-order chi connectivity index (χ0) is 40.9. The fourth-order valence-electron chi connectivity index (χ4n) is 7.88. The maximum atomic E-state index is 11.6. The molecule has 0 spiro atoms. The fraction of sp³-hybridized carbons (Fsp3) is 0.255. The van der Waals surface area contributed by atoms with E-state index in [1.165, 1.54) is 11.1 Å². The molecule has 0 bridgehead atoms. The third-order valence-corrected chi connectivity index (χ3v) is 11.3. The van der Waals surface area contributed by atoms with Gasteiger partial charge in [-0.25, -0.2) is 0 Å². The van der Waals surface area contributed by atoms with Gasteiger partial charge in [-0.05, 0) is 87.3 Å². The third-order valence-electron chi connectivity index (χ3n) is 11.3. The van der Waals surface area contributed by atoms with Gasteiger partial charge in [0.05, 0.1) is 28.6 Å². The summed E-state index contributed by atoms with van der Waals surface area (Å²) in [5.74, 6) is 0.770. The van der Waals surface area contributed by atoms with Crippen LogP contribution in [0.15, 0.2) is 108 Å². The second kappa shape index (κ2) is 14.3. The second-order valence-electron chi connectivity index (χ2n) is 18.6. The van der Waals surface area contributed by atoms with Crippen LogP contribution in [0.1, 0.15) is 84.7 Å². The first-order chi connectivity index (χ1) is 27.5. The minimum absolute atomic E-state index is 0. The van der Waals surface area contributed by atoms with Crippen molar-refractivity contribution in [1.29, 1.82) is 0 Å². The van der Waals surface area contributed by atoms with Crippen LogP contribution in [-0.2, 0) is 37.3 Å². The summed E-state index contributed by atoms with van der Waals surface area (Å²) < 4.78 is 8.63. The van der Waals surface area contributed by atoms with Crippen molar-refractivity contribution in [3.8, 4) is 45.2 Å². The van der Waals surface area contributed by atoms with Crippen molar-refractivity contribution < 1.29 is 30.6 Å². The van der Waals surface area contributed by atoms with Gasteiger partial charge in [0.2, 0.25) is 0 Å². The van der Waals surface area contributed by atoms with Crippen molar-refractivity contribution in [1.82, 2.24) is 24.5 Å². The molecular weight excluding hydrogens is 910 g/mol. The number of benzene rings is 4. The van der Waals surface area contributed by atoms with E-state index in [0.717, 1.165) is 60.8 Å². The molecule has 5 heterocycles. The normalized spacial score (nSPS) is 12.5. The van der Waals surface area contributed by atoms with Crippen LogP contribution in [-0.4, -0.2) is 29.6 Å². The zero-order valence-electron chi connectivity index (χ0n) is 35.2. The first kappa shape index (κ1) is 40.1. The predicted molar refractivity (Wildman–Crippen MR) is 237 cm³/mol. The Balaban J connectivity index is 0.00000484. The van der Waals surface area contributed by atoms with Gasteiger partial charge in [-0.15, -0.1) is 17.7 Å². The van der Waals surface area contributed by atoms with Crippen molar-refractivity contribution in [3.63, 3.8) is 0 Å². The quantitative estimate of drug-likeness (QED) is 0.177. The molecule has 9 aromatic rings. The molecular formula is C51H48N5O2Pt-. The van der Waals surface area contributed by atoms with Crippen molar-refractivity contribution in [2.24, 2.45) is 0 Å². The number of aromatic nitrogens is 5. The van der Waals surface area contributed by atoms with Gasteiger partial charge in [0, 0.05) is 66.7 Å². The van der Waals surface area contributed by atoms with Crippen LogP contribution in [0.25, 0.3) is 83.3 Å². The Morgan fingerprint density at radius 1 is 0.678 bits per heavy atom. The van der Waals surface area contributed by atoms with Crippen LogP contribution in [0, 0.1) is 13.0 Å². The number of hydrogen-bond donors (Lipinski definition) is 1. The summed E-state index contributed by atoms with van der Waals surface area (Å²) in [7, 11) is 0. The van der Waals surface area contributed by atoms with E-state index in [1.54, 1.807) is 12.3 Å². The first-order valence-electron chi connectivity index (χ1n) is 19.9. The molecule has 8 heteroatoms. The van der Waals surface area contributed by atoms with Gasteiger partial charge in [-0.2, -0.15) is 0 Å². The van der Waals surface area contributed by atoms with Crippen LogP contribution in [0.2, 0.25) is 0 Å². The summed E-state index contributed by atoms with van der Waals surface area (Å²) >= 11 is 0. The van der Waals surface area contributed by atoms with E-state index in [1.807, 2.05) is 42.7 Å². The average molecular weight is 958 g/mol. The molecule has 0 saturated carbocycles. The van der Waals surface area contributed by atoms with E-state index in [4.69, 9.17) is 24.4 Å². The number of rotatable bonds is 4. The van der Waals surface area contributed by atoms with Crippen LogP contribution in [0.3, 0.4) is 0 Å². The number of aromatic hydroxyl groups is 1. The monoisotopic (exact) mass is 957 g/mol. The maximum absolute atomic E-state index is 11.6. The van der Waals surface area contributed by atoms with E-state index in [-0.39, 0.29) is 43.1 Å².